The lowest BCUT2D eigenvalue weighted by Crippen LogP contribution is -2.46. The number of aromatic hydroxyl groups is 2. The van der Waals surface area contributed by atoms with Crippen molar-refractivity contribution in [2.24, 2.45) is 44.6 Å². The molecule has 5 rings (SSSR count). The number of anilines is 1. The number of carbonyl (C=O) groups excluding carboxylic acids is 3. The Labute approximate surface area is 357 Å². The van der Waals surface area contributed by atoms with Crippen LogP contribution < -0.4 is 15.8 Å². The van der Waals surface area contributed by atoms with E-state index in [-0.39, 0.29) is 50.6 Å². The number of aliphatic hydroxyl groups is 2. The Balaban J connectivity index is 1.94. The van der Waals surface area contributed by atoms with Gasteiger partial charge in [0.15, 0.2) is 5.75 Å². The number of aliphatic hydroxyl groups excluding tert-OH is 2. The number of nitrogens with zero attached hydrogens (tertiary/aromatic N) is 4. The van der Waals surface area contributed by atoms with Crippen molar-refractivity contribution >= 4 is 45.8 Å². The maximum absolute atomic E-state index is 14.5. The quantitative estimate of drug-likeness (QED) is 0.0606. The molecule has 0 spiro atoms. The van der Waals surface area contributed by atoms with Crippen molar-refractivity contribution in [2.45, 2.75) is 99.4 Å². The highest BCUT2D eigenvalue weighted by Gasteiger charge is 2.49. The van der Waals surface area contributed by atoms with E-state index in [2.05, 4.69) is 25.4 Å². The molecule has 334 valence electrons. The van der Waals surface area contributed by atoms with E-state index in [0.29, 0.717) is 13.1 Å². The number of azo groups is 1. The molecule has 9 atom stereocenters. The van der Waals surface area contributed by atoms with E-state index in [1.54, 1.807) is 39.8 Å². The summed E-state index contributed by atoms with van der Waals surface area (Å²) in [7, 11) is 1.44. The van der Waals surface area contributed by atoms with Gasteiger partial charge in [-0.25, -0.2) is 4.99 Å². The molecule has 61 heavy (non-hydrogen) atoms. The predicted molar refractivity (Wildman–Crippen MR) is 231 cm³/mol. The van der Waals surface area contributed by atoms with Crippen LogP contribution in [0.1, 0.15) is 78.2 Å². The number of ketones is 1. The number of hydrogen-bond donors (Lipinski definition) is 6. The molecule has 17 heteroatoms. The second-order valence-corrected chi connectivity index (χ2v) is 15.9. The van der Waals surface area contributed by atoms with Gasteiger partial charge in [-0.1, -0.05) is 59.8 Å². The van der Waals surface area contributed by atoms with E-state index < -0.39 is 83.0 Å². The van der Waals surface area contributed by atoms with E-state index in [1.807, 2.05) is 13.8 Å². The van der Waals surface area contributed by atoms with E-state index >= 15 is 0 Å². The Bertz CT molecular complexity index is 2110. The Morgan fingerprint density at radius 1 is 1.00 bits per heavy atom. The molecule has 9 unspecified atom stereocenters. The fourth-order valence-electron chi connectivity index (χ4n) is 7.71. The van der Waals surface area contributed by atoms with Crippen molar-refractivity contribution in [3.8, 4) is 17.2 Å². The standard InChI is InChI=1S/C44H62N6O11/c1-12-50(13-2)19-18-46-43(45)49-48-29-21-30-38(55)33-32(29)34-40(27(8)37(33)54)61-44(10,41(34)56)59-20-17-31(58-11)24(5)39(60-28(9)51)26(7)36(53)25(6)35(52)22(3)15-14-16-23(4)42(57)47-30/h14-17,20-22,24-26,31,35-36,39,52-55H,12-13,18-19H2,1-11H3,(H2,45,46)(H,47,57)/b15-14-,20-17-,23-16-,49-48?. The number of hydrogen-bond acceptors (Lipinski definition) is 14. The van der Waals surface area contributed by atoms with Crippen molar-refractivity contribution in [1.29, 1.82) is 0 Å². The summed E-state index contributed by atoms with van der Waals surface area (Å²) in [4.78, 5) is 46.9. The average molecular weight is 851 g/mol. The van der Waals surface area contributed by atoms with Gasteiger partial charge >= 0.3 is 11.8 Å². The van der Waals surface area contributed by atoms with Gasteiger partial charge in [0.05, 0.1) is 53.4 Å². The number of guanidine groups is 1. The molecule has 7 N–H and O–H groups in total. The first-order valence-electron chi connectivity index (χ1n) is 20.5. The zero-order valence-electron chi connectivity index (χ0n) is 36.9. The summed E-state index contributed by atoms with van der Waals surface area (Å²) in [5.74, 6) is -7.64. The normalized spacial score (nSPS) is 29.9. The first-order chi connectivity index (χ1) is 28.7. The maximum atomic E-state index is 14.5. The number of likely N-dealkylation sites (N-methyl/N-ethyl adjacent to an activating group) is 1. The van der Waals surface area contributed by atoms with Crippen molar-refractivity contribution in [3.63, 3.8) is 0 Å². The van der Waals surface area contributed by atoms with Crippen LogP contribution >= 0.6 is 0 Å². The highest BCUT2D eigenvalue weighted by molar-refractivity contribution is 6.22. The Kier molecular flexibility index (Phi) is 16.2. The average Bonchev–Trinajstić information content (AvgIpc) is 3.49. The number of rotatable bonds is 8. The fraction of sp³-hybridized carbons (Fsp3) is 0.545. The summed E-state index contributed by atoms with van der Waals surface area (Å²) < 4.78 is 23.7. The molecule has 5 bridgehead atoms. The van der Waals surface area contributed by atoms with Crippen LogP contribution in [0.3, 0.4) is 0 Å². The Hall–Kier alpha value is -5.36. The van der Waals surface area contributed by atoms with Crippen LogP contribution in [0, 0.1) is 30.6 Å². The molecule has 2 aromatic carbocycles. The second kappa shape index (κ2) is 20.5. The number of nitrogens with two attached hydrogens (primary N) is 1. The molecule has 3 aliphatic heterocycles. The zero-order valence-corrected chi connectivity index (χ0v) is 36.9. The SMILES string of the molecule is CCN(CC)CCN=C(N)N=Nc1cc2c(O)c3c(O)c(C)c4c(c13)C(=O)C(C)(O/C=C\C(OC)C(C)C(OC(C)=O)C(C)C(O)C(C)C(O)C(C)/C=C\C=C(\C)C(=O)N2)O4. The van der Waals surface area contributed by atoms with Gasteiger partial charge in [0.2, 0.25) is 5.96 Å². The molecular formula is C44H62N6O11. The first kappa shape index (κ1) is 48.3. The highest BCUT2D eigenvalue weighted by atomic mass is 16.7. The molecule has 1 amide bonds. The number of esters is 1. The van der Waals surface area contributed by atoms with Gasteiger partial charge in [-0.2, -0.15) is 0 Å². The molecule has 3 heterocycles. The van der Waals surface area contributed by atoms with Gasteiger partial charge in [-0.05, 0) is 39.1 Å². The summed E-state index contributed by atoms with van der Waals surface area (Å²) >= 11 is 0. The minimum atomic E-state index is -2.02. The minimum Gasteiger partial charge on any atom is -0.507 e. The zero-order chi connectivity index (χ0) is 45.5. The second-order valence-electron chi connectivity index (χ2n) is 15.9. The van der Waals surface area contributed by atoms with Crippen LogP contribution in [0.15, 0.2) is 57.4 Å². The third-order valence-electron chi connectivity index (χ3n) is 11.7. The van der Waals surface area contributed by atoms with Crippen molar-refractivity contribution in [2.75, 3.05) is 38.6 Å². The Morgan fingerprint density at radius 2 is 1.67 bits per heavy atom. The molecule has 17 nitrogen and oxygen atoms in total. The van der Waals surface area contributed by atoms with Crippen LogP contribution in [0.5, 0.6) is 17.2 Å². The van der Waals surface area contributed by atoms with Crippen LogP contribution in [0.4, 0.5) is 11.4 Å². The number of phenols is 2. The number of Topliss-reactive ketones (excluding diaryl/α,β-unsaturated/α-hetero) is 1. The molecule has 0 fully saturated rings. The largest absolute Gasteiger partial charge is 0.507 e. The number of allylic oxidation sites excluding steroid dienone is 2. The van der Waals surface area contributed by atoms with E-state index in [4.69, 9.17) is 24.7 Å². The summed E-state index contributed by atoms with van der Waals surface area (Å²) in [6, 6.07) is 1.29. The summed E-state index contributed by atoms with van der Waals surface area (Å²) in [5.41, 5.74) is 6.11. The molecule has 0 aliphatic carbocycles. The van der Waals surface area contributed by atoms with Gasteiger partial charge in [-0.15, -0.1) is 10.2 Å². The van der Waals surface area contributed by atoms with E-state index in [0.717, 1.165) is 13.1 Å². The first-order valence-corrected chi connectivity index (χ1v) is 20.5. The van der Waals surface area contributed by atoms with Gasteiger partial charge in [0, 0.05) is 67.7 Å². The minimum absolute atomic E-state index is 0.0459. The van der Waals surface area contributed by atoms with Gasteiger partial charge < -0.3 is 55.3 Å². The molecule has 0 radical (unpaired) electrons. The lowest BCUT2D eigenvalue weighted by atomic mass is 9.78. The number of carbonyl (C=O) groups is 3. The topological polar surface area (TPSA) is 247 Å². The maximum Gasteiger partial charge on any atom is 0.312 e. The van der Waals surface area contributed by atoms with Gasteiger partial charge in [-0.3, -0.25) is 14.4 Å². The van der Waals surface area contributed by atoms with E-state index in [1.165, 1.54) is 59.3 Å². The van der Waals surface area contributed by atoms with E-state index in [9.17, 15) is 34.8 Å². The number of aliphatic imine (C=N–C) groups is 1. The third kappa shape index (κ3) is 10.6. The number of nitrogens with one attached hydrogen (secondary N) is 1. The van der Waals surface area contributed by atoms with Crippen LogP contribution in [0.2, 0.25) is 0 Å². The van der Waals surface area contributed by atoms with Crippen LogP contribution in [-0.2, 0) is 23.8 Å². The lowest BCUT2D eigenvalue weighted by Gasteiger charge is -2.38. The number of methoxy groups -OCH3 is 1. The monoisotopic (exact) mass is 850 g/mol. The smallest absolute Gasteiger partial charge is 0.312 e. The van der Waals surface area contributed by atoms with Crippen molar-refractivity contribution in [1.82, 2.24) is 4.90 Å². The molecule has 0 saturated carbocycles. The number of fused-ring (bicyclic) bond motifs is 14. The summed E-state index contributed by atoms with van der Waals surface area (Å²) in [6.07, 6.45) is 3.65. The highest BCUT2D eigenvalue weighted by Crippen LogP contribution is 2.54. The van der Waals surface area contributed by atoms with Crippen molar-refractivity contribution in [3.05, 3.63) is 53.3 Å². The summed E-state index contributed by atoms with van der Waals surface area (Å²) in [5, 5.41) is 57.0. The number of amides is 1. The molecule has 0 saturated heterocycles. The summed E-state index contributed by atoms with van der Waals surface area (Å²) in [6.45, 7) is 19.3. The number of benzene rings is 2. The molecule has 2 aromatic rings. The van der Waals surface area contributed by atoms with Crippen LogP contribution in [-0.4, -0.2) is 112 Å². The van der Waals surface area contributed by atoms with Crippen molar-refractivity contribution < 1.29 is 53.8 Å². The number of ether oxygens (including phenoxy) is 4. The van der Waals surface area contributed by atoms with Gasteiger partial charge in [0.25, 0.3) is 11.7 Å². The Morgan fingerprint density at radius 3 is 2.30 bits per heavy atom. The number of phenolic OH excluding ortho intramolecular Hbond substituents is 2. The predicted octanol–water partition coefficient (Wildman–Crippen LogP) is 5.79. The molecule has 3 aliphatic rings. The third-order valence-corrected chi connectivity index (χ3v) is 11.7. The van der Waals surface area contributed by atoms with Gasteiger partial charge in [0.1, 0.15) is 17.6 Å². The van der Waals surface area contributed by atoms with Crippen LogP contribution in [0.25, 0.3) is 10.8 Å². The lowest BCUT2D eigenvalue weighted by molar-refractivity contribution is -0.160. The fourth-order valence-corrected chi connectivity index (χ4v) is 7.71. The molecular weight excluding hydrogens is 789 g/mol. The molecule has 0 aromatic heterocycles.